The van der Waals surface area contributed by atoms with E-state index in [0.29, 0.717) is 5.70 Å². The summed E-state index contributed by atoms with van der Waals surface area (Å²) in [7, 11) is 1.88. The van der Waals surface area contributed by atoms with Gasteiger partial charge in [-0.05, 0) is 19.2 Å². The average molecular weight is 218 g/mol. The predicted octanol–water partition coefficient (Wildman–Crippen LogP) is 0.315. The van der Waals surface area contributed by atoms with Gasteiger partial charge in [-0.2, -0.15) is 18.6 Å². The van der Waals surface area contributed by atoms with Crippen molar-refractivity contribution in [3.05, 3.63) is 60.7 Å². The Bertz CT molecular complexity index is 416. The van der Waals surface area contributed by atoms with Gasteiger partial charge in [0.1, 0.15) is 0 Å². The van der Waals surface area contributed by atoms with E-state index in [4.69, 9.17) is 5.26 Å². The first-order chi connectivity index (χ1) is 7.79. The molecule has 0 amide bonds. The summed E-state index contributed by atoms with van der Waals surface area (Å²) in [6, 6.07) is 12.0. The fourth-order valence-electron chi connectivity index (χ4n) is 1.27. The van der Waals surface area contributed by atoms with E-state index in [0.717, 1.165) is 5.69 Å². The molecular weight excluding hydrogens is 203 g/mol. The summed E-state index contributed by atoms with van der Waals surface area (Å²) in [4.78, 5) is 1.86. The normalized spacial score (nSPS) is 10.5. The van der Waals surface area contributed by atoms with Gasteiger partial charge in [0.15, 0.2) is 0 Å². The Labute approximate surface area is 115 Å². The molecule has 1 aromatic carbocycles. The van der Waals surface area contributed by atoms with E-state index in [2.05, 4.69) is 6.07 Å². The largest absolute Gasteiger partial charge is 1.00 e. The van der Waals surface area contributed by atoms with Crippen LogP contribution >= 0.6 is 0 Å². The SMILES string of the molecule is C/C=C/[CH-]/C=C(/C#N)N(C)c1ccccc1.[Li+]. The average Bonchev–Trinajstić information content (AvgIpc) is 2.35. The van der Waals surface area contributed by atoms with Crippen molar-refractivity contribution in [2.75, 3.05) is 11.9 Å². The first-order valence-electron chi connectivity index (χ1n) is 5.14. The molecule has 0 saturated carbocycles. The molecule has 0 atom stereocenters. The molecule has 2 nitrogen and oxygen atoms in total. The maximum absolute atomic E-state index is 9.05. The monoisotopic (exact) mass is 218 g/mol. The van der Waals surface area contributed by atoms with E-state index in [1.54, 1.807) is 6.08 Å². The third-order valence-corrected chi connectivity index (χ3v) is 2.18. The number of benzene rings is 1. The zero-order valence-electron chi connectivity index (χ0n) is 10.6. The molecule has 0 N–H and O–H groups in total. The smallest absolute Gasteiger partial charge is 0.388 e. The number of rotatable bonds is 4. The number of nitriles is 1. The quantitative estimate of drug-likeness (QED) is 0.413. The Morgan fingerprint density at radius 1 is 1.35 bits per heavy atom. The summed E-state index contributed by atoms with van der Waals surface area (Å²) in [5.41, 5.74) is 1.62. The molecule has 0 bridgehead atoms. The third-order valence-electron chi connectivity index (χ3n) is 2.18. The standard InChI is InChI=1S/C14H15N2.Li/c1-3-4-6-11-14(12-15)16(2)13-9-7-5-8-10-13;/h3-11H,1-2H3;/q-1;+1/b4-3+,14-11-;. The zero-order valence-corrected chi connectivity index (χ0v) is 10.6. The number of anilines is 1. The van der Waals surface area contributed by atoms with Gasteiger partial charge in [0.2, 0.25) is 0 Å². The molecule has 0 unspecified atom stereocenters. The van der Waals surface area contributed by atoms with Crippen molar-refractivity contribution in [2.24, 2.45) is 0 Å². The van der Waals surface area contributed by atoms with Gasteiger partial charge in [0.25, 0.3) is 0 Å². The van der Waals surface area contributed by atoms with Crippen molar-refractivity contribution in [1.82, 2.24) is 0 Å². The first kappa shape index (κ1) is 15.5. The summed E-state index contributed by atoms with van der Waals surface area (Å²) >= 11 is 0. The van der Waals surface area contributed by atoms with Crippen LogP contribution in [0.5, 0.6) is 0 Å². The van der Waals surface area contributed by atoms with Gasteiger partial charge in [-0.1, -0.05) is 25.1 Å². The van der Waals surface area contributed by atoms with Gasteiger partial charge in [-0.15, -0.1) is 6.08 Å². The number of allylic oxidation sites excluding steroid dienone is 4. The van der Waals surface area contributed by atoms with Crippen LogP contribution < -0.4 is 23.8 Å². The number of nitrogens with zero attached hydrogens (tertiary/aromatic N) is 2. The van der Waals surface area contributed by atoms with E-state index in [-0.39, 0.29) is 18.9 Å². The van der Waals surface area contributed by atoms with Crippen molar-refractivity contribution in [2.45, 2.75) is 6.92 Å². The van der Waals surface area contributed by atoms with Gasteiger partial charge < -0.3 is 4.90 Å². The molecule has 0 aliphatic rings. The predicted molar refractivity (Wildman–Crippen MR) is 67.7 cm³/mol. The van der Waals surface area contributed by atoms with Crippen molar-refractivity contribution >= 4 is 5.69 Å². The number of hydrogen-bond acceptors (Lipinski definition) is 2. The van der Waals surface area contributed by atoms with Gasteiger partial charge in [-0.25, -0.2) is 5.26 Å². The van der Waals surface area contributed by atoms with Crippen LogP contribution in [0.2, 0.25) is 0 Å². The van der Waals surface area contributed by atoms with Crippen LogP contribution in [0.4, 0.5) is 5.69 Å². The molecule has 82 valence electrons. The molecule has 1 aromatic rings. The number of hydrogen-bond donors (Lipinski definition) is 0. The Hall–Kier alpha value is -1.54. The Morgan fingerprint density at radius 2 is 2.00 bits per heavy atom. The molecule has 0 fully saturated rings. The maximum Gasteiger partial charge on any atom is 1.00 e. The minimum Gasteiger partial charge on any atom is -0.388 e. The molecule has 3 heteroatoms. The summed E-state index contributed by atoms with van der Waals surface area (Å²) in [6.45, 7) is 1.94. The van der Waals surface area contributed by atoms with Crippen LogP contribution in [0, 0.1) is 17.8 Å². The van der Waals surface area contributed by atoms with E-state index in [1.165, 1.54) is 0 Å². The van der Waals surface area contributed by atoms with E-state index >= 15 is 0 Å². The van der Waals surface area contributed by atoms with Crippen LogP contribution in [0.1, 0.15) is 6.92 Å². The molecule has 0 saturated heterocycles. The summed E-state index contributed by atoms with van der Waals surface area (Å²) in [5, 5.41) is 9.05. The minimum absolute atomic E-state index is 0. The number of para-hydroxylation sites is 1. The van der Waals surface area contributed by atoms with Gasteiger partial charge >= 0.3 is 18.9 Å². The molecule has 17 heavy (non-hydrogen) atoms. The summed E-state index contributed by atoms with van der Waals surface area (Å²) in [6.07, 6.45) is 7.48. The molecule has 0 spiro atoms. The molecular formula is C14H15LiN2. The Morgan fingerprint density at radius 3 is 2.53 bits per heavy atom. The van der Waals surface area contributed by atoms with E-state index in [9.17, 15) is 0 Å². The fraction of sp³-hybridized carbons (Fsp3) is 0.143. The van der Waals surface area contributed by atoms with Crippen LogP contribution in [-0.4, -0.2) is 7.05 Å². The van der Waals surface area contributed by atoms with Crippen LogP contribution in [0.25, 0.3) is 0 Å². The molecule has 0 heterocycles. The summed E-state index contributed by atoms with van der Waals surface area (Å²) < 4.78 is 0. The minimum atomic E-state index is 0. The van der Waals surface area contributed by atoms with E-state index < -0.39 is 0 Å². The third kappa shape index (κ3) is 4.87. The topological polar surface area (TPSA) is 27.0 Å². The first-order valence-corrected chi connectivity index (χ1v) is 5.14. The Balaban J connectivity index is 0.00000256. The van der Waals surface area contributed by atoms with Crippen molar-refractivity contribution in [3.8, 4) is 6.07 Å². The van der Waals surface area contributed by atoms with Gasteiger partial charge in [0.05, 0.1) is 0 Å². The second-order valence-corrected chi connectivity index (χ2v) is 3.28. The Kier molecular flexibility index (Phi) is 7.81. The second kappa shape index (κ2) is 8.59. The zero-order chi connectivity index (χ0) is 11.8. The molecule has 0 radical (unpaired) electrons. The van der Waals surface area contributed by atoms with E-state index in [1.807, 2.05) is 67.8 Å². The second-order valence-electron chi connectivity index (χ2n) is 3.28. The molecule has 1 rings (SSSR count). The van der Waals surface area contributed by atoms with Crippen LogP contribution in [0.15, 0.2) is 54.3 Å². The molecule has 0 aliphatic heterocycles. The van der Waals surface area contributed by atoms with Crippen molar-refractivity contribution in [3.63, 3.8) is 0 Å². The van der Waals surface area contributed by atoms with Crippen LogP contribution in [0.3, 0.4) is 0 Å². The molecule has 0 aromatic heterocycles. The fourth-order valence-corrected chi connectivity index (χ4v) is 1.27. The maximum atomic E-state index is 9.05. The molecule has 0 aliphatic carbocycles. The summed E-state index contributed by atoms with van der Waals surface area (Å²) in [5.74, 6) is 0. The van der Waals surface area contributed by atoms with Crippen molar-refractivity contribution < 1.29 is 18.9 Å². The van der Waals surface area contributed by atoms with Crippen molar-refractivity contribution in [1.29, 1.82) is 5.26 Å². The van der Waals surface area contributed by atoms with Gasteiger partial charge in [0, 0.05) is 17.5 Å². The van der Waals surface area contributed by atoms with Gasteiger partial charge in [-0.3, -0.25) is 0 Å². The van der Waals surface area contributed by atoms with Crippen LogP contribution in [-0.2, 0) is 0 Å².